The van der Waals surface area contributed by atoms with E-state index in [0.717, 1.165) is 17.1 Å². The van der Waals surface area contributed by atoms with Crippen LogP contribution >= 0.6 is 0 Å². The number of hydrogen-bond acceptors (Lipinski definition) is 3. The normalized spacial score (nSPS) is 10.4. The minimum Gasteiger partial charge on any atom is -0.373 e. The van der Waals surface area contributed by atoms with E-state index in [2.05, 4.69) is 15.3 Å². The molecule has 1 aromatic carbocycles. The van der Waals surface area contributed by atoms with E-state index in [1.807, 2.05) is 13.0 Å². The van der Waals surface area contributed by atoms with Crippen molar-refractivity contribution in [1.29, 1.82) is 0 Å². The van der Waals surface area contributed by atoms with E-state index in [1.165, 1.54) is 6.07 Å². The Morgan fingerprint density at radius 3 is 2.53 bits per heavy atom. The molecular formula is C13H14FN3. The van der Waals surface area contributed by atoms with Crippen LogP contribution in [0.25, 0.3) is 11.3 Å². The lowest BCUT2D eigenvalue weighted by Gasteiger charge is -2.06. The second kappa shape index (κ2) is 4.49. The minimum atomic E-state index is -0.218. The Hall–Kier alpha value is -1.97. The fraction of sp³-hybridized carbons (Fsp3) is 0.231. The summed E-state index contributed by atoms with van der Waals surface area (Å²) in [6.45, 7) is 3.55. The summed E-state index contributed by atoms with van der Waals surface area (Å²) in [6.07, 6.45) is 0. The molecule has 88 valence electrons. The maximum atomic E-state index is 13.5. The van der Waals surface area contributed by atoms with Gasteiger partial charge in [0.15, 0.2) is 0 Å². The van der Waals surface area contributed by atoms with Crippen LogP contribution in [-0.2, 0) is 0 Å². The molecule has 0 aliphatic heterocycles. The topological polar surface area (TPSA) is 37.8 Å². The van der Waals surface area contributed by atoms with Crippen molar-refractivity contribution in [2.24, 2.45) is 0 Å². The zero-order valence-electron chi connectivity index (χ0n) is 10.1. The van der Waals surface area contributed by atoms with Crippen molar-refractivity contribution in [2.45, 2.75) is 13.8 Å². The first-order valence-electron chi connectivity index (χ1n) is 5.40. The molecule has 0 atom stereocenters. The highest BCUT2D eigenvalue weighted by Gasteiger charge is 2.06. The zero-order chi connectivity index (χ0) is 12.4. The summed E-state index contributed by atoms with van der Waals surface area (Å²) in [5.74, 6) is 1.17. The average molecular weight is 231 g/mol. The summed E-state index contributed by atoms with van der Waals surface area (Å²) in [5.41, 5.74) is 2.12. The van der Waals surface area contributed by atoms with Gasteiger partial charge in [0.1, 0.15) is 17.5 Å². The minimum absolute atomic E-state index is 0.218. The van der Waals surface area contributed by atoms with Crippen LogP contribution in [0, 0.1) is 19.7 Å². The molecule has 1 N–H and O–H groups in total. The third kappa shape index (κ3) is 2.41. The molecule has 1 aromatic heterocycles. The quantitative estimate of drug-likeness (QED) is 0.863. The van der Waals surface area contributed by atoms with Crippen LogP contribution in [0.1, 0.15) is 11.4 Å². The van der Waals surface area contributed by atoms with E-state index in [0.29, 0.717) is 11.4 Å². The number of hydrogen-bond donors (Lipinski definition) is 1. The van der Waals surface area contributed by atoms with Crippen LogP contribution in [0.2, 0.25) is 0 Å². The van der Waals surface area contributed by atoms with Crippen LogP contribution in [0.5, 0.6) is 0 Å². The number of anilines is 1. The zero-order valence-corrected chi connectivity index (χ0v) is 10.1. The Kier molecular flexibility index (Phi) is 3.04. The van der Waals surface area contributed by atoms with Crippen molar-refractivity contribution < 1.29 is 4.39 Å². The number of aromatic nitrogens is 2. The van der Waals surface area contributed by atoms with Crippen LogP contribution in [-0.4, -0.2) is 17.0 Å². The lowest BCUT2D eigenvalue weighted by molar-refractivity contribution is 0.619. The van der Waals surface area contributed by atoms with E-state index < -0.39 is 0 Å². The van der Waals surface area contributed by atoms with Gasteiger partial charge in [-0.2, -0.15) is 0 Å². The fourth-order valence-electron chi connectivity index (χ4n) is 1.60. The Morgan fingerprint density at radius 2 is 1.88 bits per heavy atom. The van der Waals surface area contributed by atoms with Gasteiger partial charge in [-0.15, -0.1) is 0 Å². The molecule has 4 heteroatoms. The third-order valence-electron chi connectivity index (χ3n) is 2.56. The molecule has 0 unspecified atom stereocenters. The Bertz CT molecular complexity index is 552. The van der Waals surface area contributed by atoms with Crippen LogP contribution in [0.3, 0.4) is 0 Å². The Balaban J connectivity index is 2.52. The van der Waals surface area contributed by atoms with Gasteiger partial charge in [-0.1, -0.05) is 12.1 Å². The van der Waals surface area contributed by atoms with Crippen molar-refractivity contribution >= 4 is 5.82 Å². The van der Waals surface area contributed by atoms with Crippen molar-refractivity contribution in [3.05, 3.63) is 41.5 Å². The van der Waals surface area contributed by atoms with E-state index in [1.54, 1.807) is 26.1 Å². The first-order valence-corrected chi connectivity index (χ1v) is 5.40. The number of halogens is 1. The number of benzene rings is 1. The molecule has 0 amide bonds. The Labute approximate surface area is 99.7 Å². The van der Waals surface area contributed by atoms with Crippen LogP contribution < -0.4 is 5.32 Å². The summed E-state index contributed by atoms with van der Waals surface area (Å²) < 4.78 is 13.5. The van der Waals surface area contributed by atoms with Gasteiger partial charge in [-0.25, -0.2) is 14.4 Å². The lowest BCUT2D eigenvalue weighted by atomic mass is 10.1. The number of aryl methyl sites for hydroxylation is 2. The van der Waals surface area contributed by atoms with Gasteiger partial charge in [0, 0.05) is 18.7 Å². The maximum Gasteiger partial charge on any atom is 0.130 e. The second-order valence-electron chi connectivity index (χ2n) is 3.90. The van der Waals surface area contributed by atoms with Crippen molar-refractivity contribution in [1.82, 2.24) is 9.97 Å². The molecule has 0 spiro atoms. The first-order chi connectivity index (χ1) is 8.10. The number of nitrogens with one attached hydrogen (secondary N) is 1. The predicted molar refractivity (Wildman–Crippen MR) is 66.4 cm³/mol. The molecule has 17 heavy (non-hydrogen) atoms. The van der Waals surface area contributed by atoms with E-state index in [9.17, 15) is 4.39 Å². The highest BCUT2D eigenvalue weighted by molar-refractivity contribution is 5.62. The highest BCUT2D eigenvalue weighted by atomic mass is 19.1. The van der Waals surface area contributed by atoms with Gasteiger partial charge in [-0.3, -0.25) is 0 Å². The Morgan fingerprint density at radius 1 is 1.12 bits per heavy atom. The van der Waals surface area contributed by atoms with E-state index in [-0.39, 0.29) is 5.82 Å². The number of nitrogens with zero attached hydrogens (tertiary/aromatic N) is 2. The lowest BCUT2D eigenvalue weighted by Crippen LogP contribution is -1.98. The van der Waals surface area contributed by atoms with Gasteiger partial charge in [-0.05, 0) is 25.5 Å². The molecule has 0 radical (unpaired) electrons. The summed E-state index contributed by atoms with van der Waals surface area (Å²) in [6, 6.07) is 6.91. The summed E-state index contributed by atoms with van der Waals surface area (Å²) in [4.78, 5) is 8.51. The van der Waals surface area contributed by atoms with Crippen molar-refractivity contribution in [3.8, 4) is 11.3 Å². The molecule has 2 rings (SSSR count). The number of rotatable bonds is 2. The largest absolute Gasteiger partial charge is 0.373 e. The molecule has 0 saturated heterocycles. The summed E-state index contributed by atoms with van der Waals surface area (Å²) in [5, 5.41) is 2.96. The SMILES string of the molecule is CNc1cc(-c2ccc(C)c(F)c2)nc(C)n1. The van der Waals surface area contributed by atoms with Gasteiger partial charge in [0.25, 0.3) is 0 Å². The van der Waals surface area contributed by atoms with E-state index in [4.69, 9.17) is 0 Å². The molecular weight excluding hydrogens is 217 g/mol. The van der Waals surface area contributed by atoms with Crippen LogP contribution in [0.15, 0.2) is 24.3 Å². The second-order valence-corrected chi connectivity index (χ2v) is 3.90. The molecule has 0 fully saturated rings. The highest BCUT2D eigenvalue weighted by Crippen LogP contribution is 2.21. The molecule has 0 aliphatic carbocycles. The average Bonchev–Trinajstić information content (AvgIpc) is 2.32. The van der Waals surface area contributed by atoms with Gasteiger partial charge >= 0.3 is 0 Å². The third-order valence-corrected chi connectivity index (χ3v) is 2.56. The van der Waals surface area contributed by atoms with Gasteiger partial charge in [0.05, 0.1) is 5.69 Å². The predicted octanol–water partition coefficient (Wildman–Crippen LogP) is 2.94. The molecule has 2 aromatic rings. The maximum absolute atomic E-state index is 13.5. The standard InChI is InChI=1S/C13H14FN3/c1-8-4-5-10(6-11(8)14)12-7-13(15-3)17-9(2)16-12/h4-7H,1-3H3,(H,15,16,17). The molecule has 0 saturated carbocycles. The molecule has 0 bridgehead atoms. The molecule has 0 aliphatic rings. The summed E-state index contributed by atoms with van der Waals surface area (Å²) >= 11 is 0. The molecule has 1 heterocycles. The van der Waals surface area contributed by atoms with Crippen molar-refractivity contribution in [2.75, 3.05) is 12.4 Å². The van der Waals surface area contributed by atoms with Crippen molar-refractivity contribution in [3.63, 3.8) is 0 Å². The van der Waals surface area contributed by atoms with Crippen LogP contribution in [0.4, 0.5) is 10.2 Å². The van der Waals surface area contributed by atoms with Gasteiger partial charge < -0.3 is 5.32 Å². The summed E-state index contributed by atoms with van der Waals surface area (Å²) in [7, 11) is 1.79. The monoisotopic (exact) mass is 231 g/mol. The first kappa shape index (κ1) is 11.5. The molecule has 3 nitrogen and oxygen atoms in total. The van der Waals surface area contributed by atoms with E-state index >= 15 is 0 Å². The smallest absolute Gasteiger partial charge is 0.130 e. The fourth-order valence-corrected chi connectivity index (χ4v) is 1.60. The van der Waals surface area contributed by atoms with Gasteiger partial charge in [0.2, 0.25) is 0 Å².